The Kier molecular flexibility index (Phi) is 7.19. The number of carbonyl (C=O) groups excluding carboxylic acids is 4. The Morgan fingerprint density at radius 2 is 0.647 bits per heavy atom. The minimum atomic E-state index is -1.03. The van der Waals surface area contributed by atoms with E-state index in [9.17, 15) is 19.2 Å². The van der Waals surface area contributed by atoms with E-state index in [1.54, 1.807) is 24.3 Å². The minimum Gasteiger partial charge on any atom is -0.352 e. The minimum absolute atomic E-state index is 0.241. The van der Waals surface area contributed by atoms with Crippen molar-refractivity contribution in [2.45, 2.75) is 38.5 Å². The van der Waals surface area contributed by atoms with Crippen molar-refractivity contribution in [3.63, 3.8) is 0 Å². The first-order valence-corrected chi connectivity index (χ1v) is 11.7. The summed E-state index contributed by atoms with van der Waals surface area (Å²) in [5, 5.41) is 11.5. The fourth-order valence-electron chi connectivity index (χ4n) is 7.01. The van der Waals surface area contributed by atoms with Gasteiger partial charge in [0.2, 0.25) is 23.6 Å². The average molecular weight is 469 g/mol. The summed E-state index contributed by atoms with van der Waals surface area (Å²) in [6.45, 7) is 15.7. The molecule has 0 aromatic rings. The predicted octanol–water partition coefficient (Wildman–Crippen LogP) is 1.52. The van der Waals surface area contributed by atoms with Crippen molar-refractivity contribution >= 4 is 23.6 Å². The van der Waals surface area contributed by atoms with Gasteiger partial charge in [-0.3, -0.25) is 19.2 Å². The summed E-state index contributed by atoms with van der Waals surface area (Å²) in [6.07, 6.45) is 8.09. The van der Waals surface area contributed by atoms with Gasteiger partial charge in [-0.1, -0.05) is 24.3 Å². The van der Waals surface area contributed by atoms with Gasteiger partial charge in [0.1, 0.15) is 0 Å². The van der Waals surface area contributed by atoms with Crippen molar-refractivity contribution in [1.29, 1.82) is 0 Å². The fourth-order valence-corrected chi connectivity index (χ4v) is 7.01. The molecule has 34 heavy (non-hydrogen) atoms. The van der Waals surface area contributed by atoms with Gasteiger partial charge in [-0.05, 0) is 38.5 Å². The Balaban J connectivity index is 2.15. The van der Waals surface area contributed by atoms with Crippen LogP contribution in [-0.2, 0) is 19.2 Å². The van der Waals surface area contributed by atoms with Gasteiger partial charge in [0.15, 0.2) is 0 Å². The van der Waals surface area contributed by atoms with Crippen LogP contribution in [0.2, 0.25) is 0 Å². The molecule has 184 valence electrons. The van der Waals surface area contributed by atoms with Crippen LogP contribution in [0, 0.1) is 21.7 Å². The monoisotopic (exact) mass is 468 g/mol. The lowest BCUT2D eigenvalue weighted by atomic mass is 9.34. The maximum absolute atomic E-state index is 13.6. The number of hydrogen-bond donors (Lipinski definition) is 4. The topological polar surface area (TPSA) is 116 Å². The number of amides is 4. The van der Waals surface area contributed by atoms with Gasteiger partial charge in [0.25, 0.3) is 0 Å². The second-order valence-electron chi connectivity index (χ2n) is 10.2. The van der Waals surface area contributed by atoms with E-state index in [0.717, 1.165) is 0 Å². The maximum atomic E-state index is 13.6. The molecule has 0 aliphatic heterocycles. The molecule has 4 amide bonds. The zero-order valence-corrected chi connectivity index (χ0v) is 19.8. The first-order valence-electron chi connectivity index (χ1n) is 11.7. The SMILES string of the molecule is C=CCNC(=O)C12CC3(C(=O)NCC=C)CC(C(=O)NCC=C)(C1)CC(C(=O)NCC=C)(C2)C3. The molecule has 4 aliphatic rings. The van der Waals surface area contributed by atoms with Gasteiger partial charge < -0.3 is 21.3 Å². The van der Waals surface area contributed by atoms with Gasteiger partial charge in [-0.2, -0.15) is 0 Å². The Bertz CT molecular complexity index is 740. The highest BCUT2D eigenvalue weighted by atomic mass is 16.2. The van der Waals surface area contributed by atoms with Crippen molar-refractivity contribution in [3.8, 4) is 0 Å². The molecule has 4 fully saturated rings. The van der Waals surface area contributed by atoms with E-state index in [-0.39, 0.29) is 49.8 Å². The van der Waals surface area contributed by atoms with Gasteiger partial charge >= 0.3 is 0 Å². The average Bonchev–Trinajstić information content (AvgIpc) is 2.81. The first-order chi connectivity index (χ1) is 16.2. The van der Waals surface area contributed by atoms with Crippen LogP contribution in [0.4, 0.5) is 0 Å². The van der Waals surface area contributed by atoms with Crippen LogP contribution in [0.15, 0.2) is 50.6 Å². The maximum Gasteiger partial charge on any atom is 0.226 e. The van der Waals surface area contributed by atoms with Gasteiger partial charge in [0, 0.05) is 26.2 Å². The van der Waals surface area contributed by atoms with Crippen molar-refractivity contribution in [2.75, 3.05) is 26.2 Å². The lowest BCUT2D eigenvalue weighted by Gasteiger charge is -2.67. The fraction of sp³-hybridized carbons (Fsp3) is 0.538. The van der Waals surface area contributed by atoms with E-state index in [4.69, 9.17) is 0 Å². The summed E-state index contributed by atoms with van der Waals surface area (Å²) in [6, 6.07) is 0. The lowest BCUT2D eigenvalue weighted by molar-refractivity contribution is -0.207. The first kappa shape index (κ1) is 25.5. The number of nitrogens with one attached hydrogen (secondary N) is 4. The van der Waals surface area contributed by atoms with E-state index < -0.39 is 21.7 Å². The molecule has 0 heterocycles. The third-order valence-corrected chi connectivity index (χ3v) is 7.62. The van der Waals surface area contributed by atoms with Crippen molar-refractivity contribution in [1.82, 2.24) is 21.3 Å². The van der Waals surface area contributed by atoms with Crippen LogP contribution in [0.1, 0.15) is 38.5 Å². The number of rotatable bonds is 12. The van der Waals surface area contributed by atoms with Crippen LogP contribution < -0.4 is 21.3 Å². The van der Waals surface area contributed by atoms with Crippen molar-refractivity contribution in [2.24, 2.45) is 21.7 Å². The second kappa shape index (κ2) is 9.60. The Labute approximate surface area is 201 Å². The van der Waals surface area contributed by atoms with Crippen LogP contribution >= 0.6 is 0 Å². The molecule has 4 rings (SSSR count). The van der Waals surface area contributed by atoms with Crippen LogP contribution in [0.25, 0.3) is 0 Å². The highest BCUT2D eigenvalue weighted by Gasteiger charge is 2.75. The Morgan fingerprint density at radius 3 is 0.794 bits per heavy atom. The zero-order chi connectivity index (χ0) is 25.0. The number of carbonyl (C=O) groups is 4. The molecular formula is C26H36N4O4. The predicted molar refractivity (Wildman–Crippen MR) is 130 cm³/mol. The van der Waals surface area contributed by atoms with Crippen LogP contribution in [0.5, 0.6) is 0 Å². The lowest BCUT2D eigenvalue weighted by Crippen LogP contribution is -2.72. The van der Waals surface area contributed by atoms with Crippen LogP contribution in [0.3, 0.4) is 0 Å². The second-order valence-corrected chi connectivity index (χ2v) is 10.2. The van der Waals surface area contributed by atoms with E-state index in [2.05, 4.69) is 47.6 Å². The highest BCUT2D eigenvalue weighted by Crippen LogP contribution is 2.74. The molecule has 4 saturated carbocycles. The Hall–Kier alpha value is -3.16. The van der Waals surface area contributed by atoms with E-state index in [1.807, 2.05) is 0 Å². The largest absolute Gasteiger partial charge is 0.352 e. The molecule has 0 spiro atoms. The molecule has 4 bridgehead atoms. The van der Waals surface area contributed by atoms with Crippen LogP contribution in [-0.4, -0.2) is 49.8 Å². The summed E-state index contributed by atoms with van der Waals surface area (Å²) in [7, 11) is 0. The molecule has 4 N–H and O–H groups in total. The van der Waals surface area contributed by atoms with Gasteiger partial charge in [-0.15, -0.1) is 26.3 Å². The summed E-state index contributed by atoms with van der Waals surface area (Å²) < 4.78 is 0. The molecule has 8 nitrogen and oxygen atoms in total. The van der Waals surface area contributed by atoms with E-state index in [1.165, 1.54) is 0 Å². The summed E-state index contributed by atoms with van der Waals surface area (Å²) in [4.78, 5) is 54.4. The molecule has 0 unspecified atom stereocenters. The van der Waals surface area contributed by atoms with Gasteiger partial charge in [-0.25, -0.2) is 0 Å². The Morgan fingerprint density at radius 1 is 0.471 bits per heavy atom. The molecule has 0 saturated heterocycles. The normalized spacial score (nSPS) is 32.7. The van der Waals surface area contributed by atoms with Crippen molar-refractivity contribution < 1.29 is 19.2 Å². The molecule has 0 aromatic carbocycles. The third kappa shape index (κ3) is 4.21. The molecule has 0 atom stereocenters. The number of hydrogen-bond acceptors (Lipinski definition) is 4. The van der Waals surface area contributed by atoms with Crippen molar-refractivity contribution in [3.05, 3.63) is 50.6 Å². The summed E-state index contributed by atoms with van der Waals surface area (Å²) in [5.41, 5.74) is -4.11. The van der Waals surface area contributed by atoms with Gasteiger partial charge in [0.05, 0.1) is 21.7 Å². The van der Waals surface area contributed by atoms with E-state index >= 15 is 0 Å². The molecule has 8 heteroatoms. The third-order valence-electron chi connectivity index (χ3n) is 7.62. The smallest absolute Gasteiger partial charge is 0.226 e. The molecular weight excluding hydrogens is 432 g/mol. The summed E-state index contributed by atoms with van der Waals surface area (Å²) >= 11 is 0. The molecule has 0 radical (unpaired) electrons. The molecule has 0 aromatic heterocycles. The van der Waals surface area contributed by atoms with E-state index in [0.29, 0.717) is 38.5 Å². The zero-order valence-electron chi connectivity index (χ0n) is 19.8. The standard InChI is InChI=1S/C26H36N4O4/c1-5-9-27-19(31)23-13-24(20(32)28-10-6-2)16-25(14-23,21(33)29-11-7-3)18-26(15-23,17-24)22(34)30-12-8-4/h5-8H,1-4,9-18H2,(H,27,31)(H,28,32)(H,29,33)(H,30,34). The quantitative estimate of drug-likeness (QED) is 0.325. The molecule has 4 aliphatic carbocycles. The highest BCUT2D eigenvalue weighted by molar-refractivity contribution is 5.96. The summed E-state index contributed by atoms with van der Waals surface area (Å²) in [5.74, 6) is -0.966.